The highest BCUT2D eigenvalue weighted by molar-refractivity contribution is 5.17. The van der Waals surface area contributed by atoms with Crippen LogP contribution in [0.4, 0.5) is 5.95 Å². The van der Waals surface area contributed by atoms with Gasteiger partial charge in [0.1, 0.15) is 0 Å². The fourth-order valence-corrected chi connectivity index (χ4v) is 0.670. The smallest absolute Gasteiger partial charge is 0.257 e. The van der Waals surface area contributed by atoms with Gasteiger partial charge in [-0.3, -0.25) is 5.43 Å². The lowest BCUT2D eigenvalue weighted by atomic mass is 10.5. The molecule has 0 unspecified atom stereocenters. The molecular weight excluding hydrogens is 132 g/mol. The van der Waals surface area contributed by atoms with Crippen molar-refractivity contribution in [2.45, 2.75) is 19.9 Å². The first-order valence-corrected chi connectivity index (χ1v) is 3.11. The average Bonchev–Trinajstić information content (AvgIpc) is 2.36. The molecule has 0 aliphatic rings. The van der Waals surface area contributed by atoms with Crippen molar-refractivity contribution in [1.29, 1.82) is 0 Å². The molecule has 0 atom stereocenters. The number of anilines is 1. The minimum atomic E-state index is 0.502. The van der Waals surface area contributed by atoms with Gasteiger partial charge >= 0.3 is 0 Å². The van der Waals surface area contributed by atoms with Crippen molar-refractivity contribution in [2.24, 2.45) is 5.84 Å². The van der Waals surface area contributed by atoms with Crippen LogP contribution in [0.1, 0.15) is 13.3 Å². The quantitative estimate of drug-likeness (QED) is 0.433. The molecule has 0 amide bonds. The minimum Gasteiger partial charge on any atom is -0.291 e. The van der Waals surface area contributed by atoms with Crippen molar-refractivity contribution >= 4 is 5.95 Å². The Hall–Kier alpha value is -1.17. The van der Waals surface area contributed by atoms with Gasteiger partial charge in [0.05, 0.1) is 0 Å². The number of aryl methyl sites for hydroxylation is 1. The summed E-state index contributed by atoms with van der Waals surface area (Å²) in [5.41, 5.74) is 2.39. The molecule has 0 spiro atoms. The lowest BCUT2D eigenvalue weighted by Gasteiger charge is -1.98. The van der Waals surface area contributed by atoms with Gasteiger partial charge in [-0.25, -0.2) is 10.5 Å². The van der Waals surface area contributed by atoms with E-state index in [0.29, 0.717) is 5.95 Å². The standard InChI is InChI=1S/C4H10N6/c1-2-3-10-4(6-5)7-8-9-10/h2-3,5H2,1H3,(H,6,7,9). The lowest BCUT2D eigenvalue weighted by molar-refractivity contribution is 0.583. The Balaban J connectivity index is 2.70. The summed E-state index contributed by atoms with van der Waals surface area (Å²) < 4.78 is 1.61. The number of nitrogens with one attached hydrogen (secondary N) is 1. The van der Waals surface area contributed by atoms with Crippen LogP contribution < -0.4 is 11.3 Å². The molecular formula is C4H10N6. The molecule has 0 fully saturated rings. The molecule has 6 heteroatoms. The van der Waals surface area contributed by atoms with Crippen LogP contribution in [0, 0.1) is 0 Å². The van der Waals surface area contributed by atoms with Gasteiger partial charge in [0.15, 0.2) is 0 Å². The first kappa shape index (κ1) is 6.94. The molecule has 0 aromatic carbocycles. The van der Waals surface area contributed by atoms with E-state index < -0.39 is 0 Å². The zero-order valence-electron chi connectivity index (χ0n) is 5.78. The van der Waals surface area contributed by atoms with E-state index in [4.69, 9.17) is 5.84 Å². The average molecular weight is 142 g/mol. The Morgan fingerprint density at radius 1 is 1.70 bits per heavy atom. The number of aromatic nitrogens is 4. The first-order chi connectivity index (χ1) is 4.88. The third kappa shape index (κ3) is 1.21. The molecule has 10 heavy (non-hydrogen) atoms. The molecule has 0 radical (unpaired) electrons. The number of tetrazole rings is 1. The molecule has 6 nitrogen and oxygen atoms in total. The van der Waals surface area contributed by atoms with Crippen LogP contribution in [-0.4, -0.2) is 20.2 Å². The van der Waals surface area contributed by atoms with Gasteiger partial charge < -0.3 is 0 Å². The third-order valence-electron chi connectivity index (χ3n) is 1.10. The van der Waals surface area contributed by atoms with Gasteiger partial charge in [-0.2, -0.15) is 0 Å². The maximum absolute atomic E-state index is 5.11. The highest BCUT2D eigenvalue weighted by atomic mass is 15.6. The molecule has 1 heterocycles. The number of hydrazine groups is 1. The van der Waals surface area contributed by atoms with Crippen LogP contribution in [0.25, 0.3) is 0 Å². The van der Waals surface area contributed by atoms with Gasteiger partial charge in [-0.1, -0.05) is 12.0 Å². The Bertz CT molecular complexity index is 193. The van der Waals surface area contributed by atoms with Gasteiger partial charge in [-0.15, -0.1) is 0 Å². The Morgan fingerprint density at radius 2 is 2.50 bits per heavy atom. The summed E-state index contributed by atoms with van der Waals surface area (Å²) in [5, 5.41) is 10.7. The Labute approximate surface area is 58.4 Å². The monoisotopic (exact) mass is 142 g/mol. The predicted molar refractivity (Wildman–Crippen MR) is 35.9 cm³/mol. The molecule has 3 N–H and O–H groups in total. The molecule has 56 valence electrons. The molecule has 1 aromatic heterocycles. The topological polar surface area (TPSA) is 81.7 Å². The zero-order valence-corrected chi connectivity index (χ0v) is 5.78. The minimum absolute atomic E-state index is 0.502. The molecule has 0 saturated heterocycles. The van der Waals surface area contributed by atoms with Gasteiger partial charge in [0.25, 0.3) is 5.95 Å². The fourth-order valence-electron chi connectivity index (χ4n) is 0.670. The van der Waals surface area contributed by atoms with E-state index >= 15 is 0 Å². The summed E-state index contributed by atoms with van der Waals surface area (Å²) in [7, 11) is 0. The Kier molecular flexibility index (Phi) is 2.16. The van der Waals surface area contributed by atoms with Crippen molar-refractivity contribution in [3.05, 3.63) is 0 Å². The largest absolute Gasteiger partial charge is 0.291 e. The van der Waals surface area contributed by atoms with Crippen LogP contribution in [0.5, 0.6) is 0 Å². The van der Waals surface area contributed by atoms with E-state index in [1.807, 2.05) is 6.92 Å². The number of nitrogens with two attached hydrogens (primary N) is 1. The van der Waals surface area contributed by atoms with E-state index in [-0.39, 0.29) is 0 Å². The van der Waals surface area contributed by atoms with Gasteiger partial charge in [-0.05, 0) is 16.8 Å². The summed E-state index contributed by atoms with van der Waals surface area (Å²) in [6.45, 7) is 2.83. The molecule has 1 aromatic rings. The molecule has 0 aliphatic heterocycles. The number of rotatable bonds is 3. The van der Waals surface area contributed by atoms with E-state index in [9.17, 15) is 0 Å². The Morgan fingerprint density at radius 3 is 3.10 bits per heavy atom. The highest BCUT2D eigenvalue weighted by Gasteiger charge is 1.99. The normalized spacial score (nSPS) is 9.80. The van der Waals surface area contributed by atoms with Crippen molar-refractivity contribution in [3.8, 4) is 0 Å². The fraction of sp³-hybridized carbons (Fsp3) is 0.750. The third-order valence-corrected chi connectivity index (χ3v) is 1.10. The number of hydrogen-bond donors (Lipinski definition) is 2. The van der Waals surface area contributed by atoms with E-state index in [2.05, 4.69) is 21.0 Å². The number of hydrogen-bond acceptors (Lipinski definition) is 5. The SMILES string of the molecule is CCCn1nnnc1NN. The first-order valence-electron chi connectivity index (χ1n) is 3.11. The molecule has 1 rings (SSSR count). The summed E-state index contributed by atoms with van der Waals surface area (Å²) >= 11 is 0. The maximum atomic E-state index is 5.11. The van der Waals surface area contributed by atoms with Crippen molar-refractivity contribution in [3.63, 3.8) is 0 Å². The van der Waals surface area contributed by atoms with Gasteiger partial charge in [0, 0.05) is 6.54 Å². The summed E-state index contributed by atoms with van der Waals surface area (Å²) in [6, 6.07) is 0. The highest BCUT2D eigenvalue weighted by Crippen LogP contribution is 1.96. The second-order valence-corrected chi connectivity index (χ2v) is 1.87. The molecule has 0 bridgehead atoms. The summed E-state index contributed by atoms with van der Waals surface area (Å²) in [4.78, 5) is 0. The molecule has 0 saturated carbocycles. The van der Waals surface area contributed by atoms with Crippen LogP contribution in [0.15, 0.2) is 0 Å². The number of nitrogen functional groups attached to an aromatic ring is 1. The van der Waals surface area contributed by atoms with Crippen molar-refractivity contribution in [2.75, 3.05) is 5.43 Å². The van der Waals surface area contributed by atoms with E-state index in [1.54, 1.807) is 4.68 Å². The van der Waals surface area contributed by atoms with Crippen molar-refractivity contribution in [1.82, 2.24) is 20.2 Å². The van der Waals surface area contributed by atoms with Crippen molar-refractivity contribution < 1.29 is 0 Å². The van der Waals surface area contributed by atoms with Gasteiger partial charge in [0.2, 0.25) is 0 Å². The zero-order chi connectivity index (χ0) is 7.40. The maximum Gasteiger partial charge on any atom is 0.257 e. The summed E-state index contributed by atoms with van der Waals surface area (Å²) in [6.07, 6.45) is 0.986. The van der Waals surface area contributed by atoms with E-state index in [1.165, 1.54) is 0 Å². The van der Waals surface area contributed by atoms with Crippen LogP contribution >= 0.6 is 0 Å². The van der Waals surface area contributed by atoms with E-state index in [0.717, 1.165) is 13.0 Å². The lowest BCUT2D eigenvalue weighted by Crippen LogP contribution is -2.13. The second kappa shape index (κ2) is 3.11. The number of nitrogens with zero attached hydrogens (tertiary/aromatic N) is 4. The predicted octanol–water partition coefficient (Wildman–Crippen LogP) is -0.631. The van der Waals surface area contributed by atoms with Crippen LogP contribution in [0.2, 0.25) is 0 Å². The molecule has 0 aliphatic carbocycles. The second-order valence-electron chi connectivity index (χ2n) is 1.87. The summed E-state index contributed by atoms with van der Waals surface area (Å²) in [5.74, 6) is 5.61. The van der Waals surface area contributed by atoms with Crippen LogP contribution in [-0.2, 0) is 6.54 Å². The van der Waals surface area contributed by atoms with Crippen LogP contribution in [0.3, 0.4) is 0 Å².